The zero-order valence-corrected chi connectivity index (χ0v) is 13.1. The summed E-state index contributed by atoms with van der Waals surface area (Å²) < 4.78 is 3.05. The molecular formula is C16H13N5OS. The number of carbonyl (C=O) groups is 1. The first-order chi connectivity index (χ1) is 11.2. The number of pyridine rings is 1. The summed E-state index contributed by atoms with van der Waals surface area (Å²) in [5, 5.41) is 5.37. The number of anilines is 1. The van der Waals surface area contributed by atoms with Crippen LogP contribution in [0.1, 0.15) is 0 Å². The van der Waals surface area contributed by atoms with E-state index in [1.165, 1.54) is 0 Å². The second kappa shape index (κ2) is 5.36. The van der Waals surface area contributed by atoms with Gasteiger partial charge in [0.05, 0.1) is 21.4 Å². The van der Waals surface area contributed by atoms with Crippen LogP contribution in [0.4, 0.5) is 10.5 Å². The molecule has 0 fully saturated rings. The fraction of sp³-hybridized carbons (Fsp3) is 0.0625. The maximum Gasteiger partial charge on any atom is 0.319 e. The molecular weight excluding hydrogens is 310 g/mol. The van der Waals surface area contributed by atoms with E-state index in [-0.39, 0.29) is 6.03 Å². The largest absolute Gasteiger partial charge is 0.341 e. The van der Waals surface area contributed by atoms with Gasteiger partial charge in [-0.25, -0.2) is 14.8 Å². The Hall–Kier alpha value is -2.93. The van der Waals surface area contributed by atoms with Crippen molar-refractivity contribution in [1.82, 2.24) is 19.7 Å². The van der Waals surface area contributed by atoms with Crippen LogP contribution in [-0.2, 0) is 0 Å². The lowest BCUT2D eigenvalue weighted by Crippen LogP contribution is -2.24. The van der Waals surface area contributed by atoms with Crippen molar-refractivity contribution in [2.45, 2.75) is 0 Å². The second-order valence-electron chi connectivity index (χ2n) is 5.04. The maximum atomic E-state index is 11.7. The van der Waals surface area contributed by atoms with E-state index in [4.69, 9.17) is 0 Å². The van der Waals surface area contributed by atoms with Gasteiger partial charge in [-0.2, -0.15) is 0 Å². The molecule has 23 heavy (non-hydrogen) atoms. The van der Waals surface area contributed by atoms with Gasteiger partial charge in [0.25, 0.3) is 0 Å². The Morgan fingerprint density at radius 3 is 3.00 bits per heavy atom. The number of carbonyl (C=O) groups excluding carboxylic acids is 1. The van der Waals surface area contributed by atoms with Gasteiger partial charge < -0.3 is 15.0 Å². The van der Waals surface area contributed by atoms with Crippen molar-refractivity contribution in [2.75, 3.05) is 12.4 Å². The van der Waals surface area contributed by atoms with E-state index in [2.05, 4.69) is 32.7 Å². The SMILES string of the molecule is CNC(=O)Nc1cc(-c2ccc3scnc3c2)cn2ccnc12. The molecule has 7 heteroatoms. The monoisotopic (exact) mass is 323 g/mol. The fourth-order valence-electron chi connectivity index (χ4n) is 2.51. The minimum atomic E-state index is -0.276. The highest BCUT2D eigenvalue weighted by molar-refractivity contribution is 7.16. The van der Waals surface area contributed by atoms with Crippen LogP contribution in [-0.4, -0.2) is 27.4 Å². The number of imidazole rings is 1. The van der Waals surface area contributed by atoms with E-state index in [9.17, 15) is 4.79 Å². The third kappa shape index (κ3) is 2.40. The molecule has 4 rings (SSSR count). The summed E-state index contributed by atoms with van der Waals surface area (Å²) in [6, 6.07) is 7.81. The molecule has 0 unspecified atom stereocenters. The molecule has 0 spiro atoms. The fourth-order valence-corrected chi connectivity index (χ4v) is 3.16. The van der Waals surface area contributed by atoms with Gasteiger partial charge >= 0.3 is 6.03 Å². The summed E-state index contributed by atoms with van der Waals surface area (Å²) in [6.45, 7) is 0. The molecule has 0 radical (unpaired) electrons. The number of fused-ring (bicyclic) bond motifs is 2. The number of nitrogens with zero attached hydrogens (tertiary/aromatic N) is 3. The van der Waals surface area contributed by atoms with Crippen molar-refractivity contribution in [3.8, 4) is 11.1 Å². The molecule has 2 N–H and O–H groups in total. The van der Waals surface area contributed by atoms with Crippen molar-refractivity contribution in [1.29, 1.82) is 0 Å². The predicted molar refractivity (Wildman–Crippen MR) is 91.9 cm³/mol. The lowest BCUT2D eigenvalue weighted by Gasteiger charge is -2.10. The Labute approximate surface area is 135 Å². The van der Waals surface area contributed by atoms with Gasteiger partial charge in [-0.15, -0.1) is 11.3 Å². The third-order valence-corrected chi connectivity index (χ3v) is 4.44. The Bertz CT molecular complexity index is 1020. The zero-order valence-electron chi connectivity index (χ0n) is 12.3. The molecule has 3 aromatic heterocycles. The number of nitrogens with one attached hydrogen (secondary N) is 2. The molecule has 2 amide bonds. The van der Waals surface area contributed by atoms with E-state index >= 15 is 0 Å². The van der Waals surface area contributed by atoms with Crippen molar-refractivity contribution in [3.05, 3.63) is 48.4 Å². The number of urea groups is 1. The van der Waals surface area contributed by atoms with E-state index < -0.39 is 0 Å². The van der Waals surface area contributed by atoms with E-state index in [0.29, 0.717) is 11.3 Å². The van der Waals surface area contributed by atoms with Gasteiger partial charge in [0.1, 0.15) is 0 Å². The number of amides is 2. The van der Waals surface area contributed by atoms with Crippen LogP contribution in [0.3, 0.4) is 0 Å². The quantitative estimate of drug-likeness (QED) is 0.594. The molecule has 0 saturated heterocycles. The predicted octanol–water partition coefficient (Wildman–Crippen LogP) is 3.36. The summed E-state index contributed by atoms with van der Waals surface area (Å²) in [6.07, 6.45) is 5.55. The van der Waals surface area contributed by atoms with E-state index in [1.54, 1.807) is 24.6 Å². The van der Waals surface area contributed by atoms with Crippen molar-refractivity contribution < 1.29 is 4.79 Å². The number of rotatable bonds is 2. The molecule has 1 aromatic carbocycles. The standard InChI is InChI=1S/C16H13N5OS/c1-17-16(22)20-13-7-11(8-21-5-4-18-15(13)21)10-2-3-14-12(6-10)19-9-23-14/h2-9H,1H3,(H2,17,20,22). The van der Waals surface area contributed by atoms with Crippen LogP contribution >= 0.6 is 11.3 Å². The summed E-state index contributed by atoms with van der Waals surface area (Å²) in [7, 11) is 1.58. The van der Waals surface area contributed by atoms with Crippen LogP contribution in [0.5, 0.6) is 0 Å². The Kier molecular flexibility index (Phi) is 3.20. The molecule has 0 aliphatic heterocycles. The van der Waals surface area contributed by atoms with Crippen LogP contribution in [0.15, 0.2) is 48.4 Å². The highest BCUT2D eigenvalue weighted by Gasteiger charge is 2.10. The lowest BCUT2D eigenvalue weighted by molar-refractivity contribution is 0.254. The highest BCUT2D eigenvalue weighted by Crippen LogP contribution is 2.29. The van der Waals surface area contributed by atoms with E-state index in [0.717, 1.165) is 21.3 Å². The highest BCUT2D eigenvalue weighted by atomic mass is 32.1. The first-order valence-electron chi connectivity index (χ1n) is 7.03. The number of aromatic nitrogens is 3. The Balaban J connectivity index is 1.87. The van der Waals surface area contributed by atoms with Gasteiger partial charge in [0, 0.05) is 31.2 Å². The second-order valence-corrected chi connectivity index (χ2v) is 5.93. The maximum absolute atomic E-state index is 11.7. The molecule has 3 heterocycles. The first kappa shape index (κ1) is 13.7. The summed E-state index contributed by atoms with van der Waals surface area (Å²) in [4.78, 5) is 20.3. The van der Waals surface area contributed by atoms with Gasteiger partial charge in [-0.3, -0.25) is 0 Å². The van der Waals surface area contributed by atoms with Crippen LogP contribution in [0.2, 0.25) is 0 Å². The van der Waals surface area contributed by atoms with Crippen LogP contribution < -0.4 is 10.6 Å². The molecule has 0 bridgehead atoms. The van der Waals surface area contributed by atoms with E-state index in [1.807, 2.05) is 34.4 Å². The lowest BCUT2D eigenvalue weighted by atomic mass is 10.1. The molecule has 0 saturated carbocycles. The number of thiazole rings is 1. The van der Waals surface area contributed by atoms with Gasteiger partial charge in [-0.1, -0.05) is 6.07 Å². The number of hydrogen-bond acceptors (Lipinski definition) is 4. The Morgan fingerprint density at radius 2 is 2.13 bits per heavy atom. The Morgan fingerprint density at radius 1 is 1.22 bits per heavy atom. The molecule has 0 aliphatic carbocycles. The van der Waals surface area contributed by atoms with Gasteiger partial charge in [0.2, 0.25) is 0 Å². The van der Waals surface area contributed by atoms with Crippen LogP contribution in [0, 0.1) is 0 Å². The number of hydrogen-bond donors (Lipinski definition) is 2. The minimum absolute atomic E-state index is 0.276. The van der Waals surface area contributed by atoms with Crippen molar-refractivity contribution in [3.63, 3.8) is 0 Å². The van der Waals surface area contributed by atoms with Gasteiger partial charge in [-0.05, 0) is 23.8 Å². The molecule has 0 aliphatic rings. The summed E-state index contributed by atoms with van der Waals surface area (Å²) in [5.41, 5.74) is 6.19. The van der Waals surface area contributed by atoms with Crippen molar-refractivity contribution >= 4 is 38.9 Å². The zero-order chi connectivity index (χ0) is 15.8. The molecule has 6 nitrogen and oxygen atoms in total. The normalized spacial score (nSPS) is 11.0. The molecule has 4 aromatic rings. The smallest absolute Gasteiger partial charge is 0.319 e. The average Bonchev–Trinajstić information content (AvgIpc) is 3.22. The number of benzene rings is 1. The molecule has 0 atom stereocenters. The summed E-state index contributed by atoms with van der Waals surface area (Å²) >= 11 is 1.62. The minimum Gasteiger partial charge on any atom is -0.341 e. The summed E-state index contributed by atoms with van der Waals surface area (Å²) in [5.74, 6) is 0. The van der Waals surface area contributed by atoms with Crippen LogP contribution in [0.25, 0.3) is 27.0 Å². The average molecular weight is 323 g/mol. The first-order valence-corrected chi connectivity index (χ1v) is 7.91. The third-order valence-electron chi connectivity index (χ3n) is 3.63. The topological polar surface area (TPSA) is 71.3 Å². The van der Waals surface area contributed by atoms with Gasteiger partial charge in [0.15, 0.2) is 5.65 Å². The molecule has 114 valence electrons. The van der Waals surface area contributed by atoms with Crippen molar-refractivity contribution in [2.24, 2.45) is 0 Å².